The topological polar surface area (TPSA) is 53.2 Å². The molecule has 112 valence electrons. The fraction of sp³-hybridized carbons (Fsp3) is 0.467. The molecule has 0 spiro atoms. The standard InChI is InChI=1S/C15H17BrN2O3/c1-3-21-14(19)9(2)18-12-8-11(16)7-10-5-4-6-17(13(10)12)15(18)20/h7-9H,3-6H2,1-2H3. The van der Waals surface area contributed by atoms with Gasteiger partial charge in [-0.15, -0.1) is 0 Å². The molecule has 6 heteroatoms. The van der Waals surface area contributed by atoms with Gasteiger partial charge in [-0.3, -0.25) is 9.13 Å². The summed E-state index contributed by atoms with van der Waals surface area (Å²) in [5.41, 5.74) is 2.76. The Kier molecular flexibility index (Phi) is 3.65. The number of nitrogens with zero attached hydrogens (tertiary/aromatic N) is 2. The van der Waals surface area contributed by atoms with Crippen LogP contribution in [0.1, 0.15) is 31.9 Å². The molecule has 3 rings (SSSR count). The van der Waals surface area contributed by atoms with E-state index in [2.05, 4.69) is 22.0 Å². The number of aromatic nitrogens is 2. The Balaban J connectivity index is 2.27. The molecule has 1 aromatic carbocycles. The molecule has 1 aliphatic rings. The van der Waals surface area contributed by atoms with E-state index in [4.69, 9.17) is 4.74 Å². The fourth-order valence-electron chi connectivity index (χ4n) is 3.03. The average Bonchev–Trinajstić information content (AvgIpc) is 2.73. The van der Waals surface area contributed by atoms with Gasteiger partial charge in [0.2, 0.25) is 0 Å². The first kappa shape index (κ1) is 14.4. The lowest BCUT2D eigenvalue weighted by molar-refractivity contribution is -0.146. The zero-order valence-corrected chi connectivity index (χ0v) is 13.6. The minimum Gasteiger partial charge on any atom is -0.464 e. The van der Waals surface area contributed by atoms with Gasteiger partial charge in [-0.2, -0.15) is 0 Å². The molecule has 0 saturated carbocycles. The highest BCUT2D eigenvalue weighted by Gasteiger charge is 2.26. The van der Waals surface area contributed by atoms with E-state index >= 15 is 0 Å². The number of hydrogen-bond donors (Lipinski definition) is 0. The van der Waals surface area contributed by atoms with Crippen LogP contribution in [0.3, 0.4) is 0 Å². The minimum atomic E-state index is -0.624. The lowest BCUT2D eigenvalue weighted by Crippen LogP contribution is -2.31. The molecule has 0 amide bonds. The Morgan fingerprint density at radius 2 is 2.24 bits per heavy atom. The number of carbonyl (C=O) groups excluding carboxylic acids is 1. The van der Waals surface area contributed by atoms with Gasteiger partial charge in [-0.25, -0.2) is 9.59 Å². The third-order valence-corrected chi connectivity index (χ3v) is 4.40. The summed E-state index contributed by atoms with van der Waals surface area (Å²) in [5.74, 6) is -0.376. The molecule has 0 N–H and O–H groups in total. The number of carbonyl (C=O) groups is 1. The molecular formula is C15H17BrN2O3. The minimum absolute atomic E-state index is 0.135. The van der Waals surface area contributed by atoms with E-state index in [1.807, 2.05) is 6.07 Å². The molecule has 1 aliphatic heterocycles. The summed E-state index contributed by atoms with van der Waals surface area (Å²) in [6.45, 7) is 4.49. The molecule has 1 atom stereocenters. The molecule has 1 unspecified atom stereocenters. The summed E-state index contributed by atoms with van der Waals surface area (Å²) in [6, 6.07) is 3.33. The van der Waals surface area contributed by atoms with Crippen LogP contribution in [0.2, 0.25) is 0 Å². The highest BCUT2D eigenvalue weighted by atomic mass is 79.9. The lowest BCUT2D eigenvalue weighted by Gasteiger charge is -2.14. The quantitative estimate of drug-likeness (QED) is 0.798. The van der Waals surface area contributed by atoms with E-state index in [9.17, 15) is 9.59 Å². The number of esters is 1. The molecular weight excluding hydrogens is 336 g/mol. The van der Waals surface area contributed by atoms with Crippen LogP contribution in [-0.2, 0) is 22.5 Å². The van der Waals surface area contributed by atoms with Crippen molar-refractivity contribution in [2.24, 2.45) is 0 Å². The van der Waals surface area contributed by atoms with Crippen molar-refractivity contribution in [1.29, 1.82) is 0 Å². The van der Waals surface area contributed by atoms with Gasteiger partial charge in [-0.1, -0.05) is 15.9 Å². The number of halogens is 1. The van der Waals surface area contributed by atoms with Gasteiger partial charge in [-0.05, 0) is 44.4 Å². The average molecular weight is 353 g/mol. The van der Waals surface area contributed by atoms with E-state index < -0.39 is 6.04 Å². The van der Waals surface area contributed by atoms with E-state index in [0.717, 1.165) is 33.9 Å². The smallest absolute Gasteiger partial charge is 0.329 e. The highest BCUT2D eigenvalue weighted by Crippen LogP contribution is 2.29. The van der Waals surface area contributed by atoms with Gasteiger partial charge < -0.3 is 4.74 Å². The van der Waals surface area contributed by atoms with Gasteiger partial charge in [0.1, 0.15) is 6.04 Å². The predicted octanol–water partition coefficient (Wildman–Crippen LogP) is 2.64. The maximum atomic E-state index is 12.7. The van der Waals surface area contributed by atoms with Crippen molar-refractivity contribution < 1.29 is 9.53 Å². The molecule has 0 saturated heterocycles. The molecule has 0 radical (unpaired) electrons. The van der Waals surface area contributed by atoms with Crippen molar-refractivity contribution in [1.82, 2.24) is 9.13 Å². The highest BCUT2D eigenvalue weighted by molar-refractivity contribution is 9.10. The summed E-state index contributed by atoms with van der Waals surface area (Å²) in [5, 5.41) is 0. The molecule has 21 heavy (non-hydrogen) atoms. The first-order valence-corrected chi connectivity index (χ1v) is 7.93. The number of benzene rings is 1. The van der Waals surface area contributed by atoms with Crippen LogP contribution in [0, 0.1) is 0 Å². The Morgan fingerprint density at radius 1 is 1.48 bits per heavy atom. The summed E-state index contributed by atoms with van der Waals surface area (Å²) < 4.78 is 9.31. The predicted molar refractivity (Wildman–Crippen MR) is 83.6 cm³/mol. The third-order valence-electron chi connectivity index (χ3n) is 3.94. The largest absolute Gasteiger partial charge is 0.464 e. The van der Waals surface area contributed by atoms with Crippen LogP contribution >= 0.6 is 15.9 Å². The van der Waals surface area contributed by atoms with Crippen molar-refractivity contribution in [2.45, 2.75) is 39.3 Å². The summed E-state index contributed by atoms with van der Waals surface area (Å²) in [7, 11) is 0. The van der Waals surface area contributed by atoms with Crippen molar-refractivity contribution >= 4 is 32.9 Å². The molecule has 2 heterocycles. The Bertz CT molecular complexity index is 775. The van der Waals surface area contributed by atoms with E-state index in [-0.39, 0.29) is 11.7 Å². The molecule has 0 fully saturated rings. The summed E-state index contributed by atoms with van der Waals surface area (Å²) >= 11 is 3.49. The van der Waals surface area contributed by atoms with Crippen LogP contribution in [0.25, 0.3) is 11.0 Å². The normalized spacial score (nSPS) is 15.2. The van der Waals surface area contributed by atoms with Crippen LogP contribution in [0.15, 0.2) is 21.4 Å². The van der Waals surface area contributed by atoms with Crippen molar-refractivity contribution in [3.8, 4) is 0 Å². The van der Waals surface area contributed by atoms with Crippen LogP contribution in [0.5, 0.6) is 0 Å². The zero-order valence-electron chi connectivity index (χ0n) is 12.1. The molecule has 2 aromatic rings. The molecule has 1 aromatic heterocycles. The first-order valence-electron chi connectivity index (χ1n) is 7.14. The van der Waals surface area contributed by atoms with Crippen molar-refractivity contribution in [2.75, 3.05) is 6.61 Å². The SMILES string of the molecule is CCOC(=O)C(C)n1c(=O)n2c3c(cc(Br)cc31)CCC2. The van der Waals surface area contributed by atoms with Gasteiger partial charge in [0.15, 0.2) is 0 Å². The summed E-state index contributed by atoms with van der Waals surface area (Å²) in [4.78, 5) is 24.7. The maximum Gasteiger partial charge on any atom is 0.329 e. The number of imidazole rings is 1. The number of hydrogen-bond acceptors (Lipinski definition) is 3. The van der Waals surface area contributed by atoms with Gasteiger partial charge in [0.25, 0.3) is 0 Å². The first-order chi connectivity index (χ1) is 10.0. The second-order valence-electron chi connectivity index (χ2n) is 5.27. The van der Waals surface area contributed by atoms with Gasteiger partial charge in [0, 0.05) is 11.0 Å². The van der Waals surface area contributed by atoms with E-state index in [1.165, 1.54) is 0 Å². The number of rotatable bonds is 3. The maximum absolute atomic E-state index is 12.7. The second-order valence-corrected chi connectivity index (χ2v) is 6.18. The van der Waals surface area contributed by atoms with E-state index in [1.54, 1.807) is 23.0 Å². The number of ether oxygens (including phenoxy) is 1. The van der Waals surface area contributed by atoms with Crippen molar-refractivity contribution in [3.63, 3.8) is 0 Å². The molecule has 0 bridgehead atoms. The molecule has 0 aliphatic carbocycles. The van der Waals surface area contributed by atoms with Crippen LogP contribution in [0.4, 0.5) is 0 Å². The third kappa shape index (κ3) is 2.21. The van der Waals surface area contributed by atoms with E-state index in [0.29, 0.717) is 13.2 Å². The Hall–Kier alpha value is -1.56. The zero-order chi connectivity index (χ0) is 15.1. The Morgan fingerprint density at radius 3 is 2.95 bits per heavy atom. The van der Waals surface area contributed by atoms with Crippen LogP contribution < -0.4 is 5.69 Å². The Labute approximate surface area is 130 Å². The second kappa shape index (κ2) is 5.33. The summed E-state index contributed by atoms with van der Waals surface area (Å²) in [6.07, 6.45) is 1.89. The fourth-order valence-corrected chi connectivity index (χ4v) is 3.53. The number of aryl methyl sites for hydroxylation is 2. The van der Waals surface area contributed by atoms with Crippen molar-refractivity contribution in [3.05, 3.63) is 32.7 Å². The van der Waals surface area contributed by atoms with Gasteiger partial charge in [0.05, 0.1) is 17.6 Å². The molecule has 5 nitrogen and oxygen atoms in total. The lowest BCUT2D eigenvalue weighted by atomic mass is 10.0. The monoisotopic (exact) mass is 352 g/mol. The van der Waals surface area contributed by atoms with Crippen LogP contribution in [-0.4, -0.2) is 21.7 Å². The van der Waals surface area contributed by atoms with Gasteiger partial charge >= 0.3 is 11.7 Å².